The van der Waals surface area contributed by atoms with Crippen molar-refractivity contribution in [1.82, 2.24) is 14.9 Å². The van der Waals surface area contributed by atoms with E-state index < -0.39 is 0 Å². The molecule has 2 aliphatic rings. The van der Waals surface area contributed by atoms with Gasteiger partial charge in [0.1, 0.15) is 0 Å². The molecule has 25 heavy (non-hydrogen) atoms. The van der Waals surface area contributed by atoms with E-state index in [0.717, 1.165) is 12.1 Å². The number of aromatic amines is 1. The third-order valence-corrected chi connectivity index (χ3v) is 5.58. The summed E-state index contributed by atoms with van der Waals surface area (Å²) in [4.78, 5) is 35.9. The van der Waals surface area contributed by atoms with Gasteiger partial charge in [0.2, 0.25) is 5.91 Å². The number of hydrogen-bond acceptors (Lipinski definition) is 3. The molecule has 0 atom stereocenters. The van der Waals surface area contributed by atoms with E-state index in [1.165, 1.54) is 0 Å². The lowest BCUT2D eigenvalue weighted by atomic mass is 9.77. The molecular formula is C18H19ClN4O2. The van der Waals surface area contributed by atoms with E-state index >= 15 is 0 Å². The Hall–Kier alpha value is -2.34. The van der Waals surface area contributed by atoms with Crippen LogP contribution in [0.5, 0.6) is 0 Å². The van der Waals surface area contributed by atoms with Crippen molar-refractivity contribution in [1.29, 1.82) is 0 Å². The Morgan fingerprint density at radius 3 is 2.64 bits per heavy atom. The maximum Gasteiger partial charge on any atom is 0.289 e. The van der Waals surface area contributed by atoms with Gasteiger partial charge in [0.15, 0.2) is 5.82 Å². The summed E-state index contributed by atoms with van der Waals surface area (Å²) in [6.45, 7) is 1.86. The number of carbonyl (C=O) groups excluding carboxylic acids is 2. The molecule has 0 aliphatic carbocycles. The molecule has 7 heteroatoms. The number of nitrogens with one attached hydrogen (secondary N) is 1. The lowest BCUT2D eigenvalue weighted by Crippen LogP contribution is -2.47. The third-order valence-electron chi connectivity index (χ3n) is 5.34. The summed E-state index contributed by atoms with van der Waals surface area (Å²) in [6, 6.07) is 7.41. The molecule has 130 valence electrons. The maximum absolute atomic E-state index is 13.1. The molecule has 0 radical (unpaired) electrons. The molecule has 1 N–H and O–H groups in total. The second kappa shape index (κ2) is 6.19. The summed E-state index contributed by atoms with van der Waals surface area (Å²) in [5.41, 5.74) is 0.492. The Morgan fingerprint density at radius 2 is 1.96 bits per heavy atom. The van der Waals surface area contributed by atoms with Crippen molar-refractivity contribution in [2.45, 2.75) is 19.3 Å². The van der Waals surface area contributed by atoms with Gasteiger partial charge in [0.05, 0.1) is 5.41 Å². The third kappa shape index (κ3) is 2.80. The standard InChI is InChI=1S/C18H19ClN4O2/c19-13-2-1-3-14(12-13)23-11-6-18(17(23)25)4-9-22(10-5-18)16(24)15-20-7-8-21-15/h1-3,7-8,12H,4-6,9-11H2,(H,20,21). The molecule has 2 fully saturated rings. The van der Waals surface area contributed by atoms with Gasteiger partial charge in [-0.1, -0.05) is 17.7 Å². The summed E-state index contributed by atoms with van der Waals surface area (Å²) >= 11 is 6.06. The van der Waals surface area contributed by atoms with Crippen LogP contribution in [0.25, 0.3) is 0 Å². The average molecular weight is 359 g/mol. The topological polar surface area (TPSA) is 69.3 Å². The average Bonchev–Trinajstić information content (AvgIpc) is 3.25. The number of halogens is 1. The number of benzene rings is 1. The molecule has 1 aromatic carbocycles. The van der Waals surface area contributed by atoms with E-state index in [1.54, 1.807) is 23.4 Å². The van der Waals surface area contributed by atoms with Crippen molar-refractivity contribution in [2.75, 3.05) is 24.5 Å². The van der Waals surface area contributed by atoms with E-state index in [1.807, 2.05) is 23.1 Å². The maximum atomic E-state index is 13.1. The van der Waals surface area contributed by atoms with Crippen LogP contribution in [0.15, 0.2) is 36.7 Å². The Balaban J connectivity index is 1.46. The number of rotatable bonds is 2. The number of aromatic nitrogens is 2. The van der Waals surface area contributed by atoms with Crippen molar-refractivity contribution >= 4 is 29.1 Å². The van der Waals surface area contributed by atoms with Crippen LogP contribution in [-0.2, 0) is 4.79 Å². The molecule has 2 saturated heterocycles. The summed E-state index contributed by atoms with van der Waals surface area (Å²) < 4.78 is 0. The van der Waals surface area contributed by atoms with E-state index in [4.69, 9.17) is 11.6 Å². The van der Waals surface area contributed by atoms with Gasteiger partial charge in [-0.2, -0.15) is 0 Å². The Kier molecular flexibility index (Phi) is 4.00. The van der Waals surface area contributed by atoms with E-state index in [0.29, 0.717) is 43.3 Å². The minimum Gasteiger partial charge on any atom is -0.341 e. The van der Waals surface area contributed by atoms with Crippen LogP contribution >= 0.6 is 11.6 Å². The highest BCUT2D eigenvalue weighted by atomic mass is 35.5. The first-order chi connectivity index (χ1) is 12.1. The van der Waals surface area contributed by atoms with Crippen LogP contribution in [-0.4, -0.2) is 46.3 Å². The zero-order valence-electron chi connectivity index (χ0n) is 13.7. The normalized spacial score (nSPS) is 19.6. The molecule has 6 nitrogen and oxygen atoms in total. The van der Waals surface area contributed by atoms with Gasteiger partial charge in [0.25, 0.3) is 5.91 Å². The number of carbonyl (C=O) groups is 2. The van der Waals surface area contributed by atoms with Gasteiger partial charge in [-0.25, -0.2) is 4.98 Å². The Bertz CT molecular complexity index is 797. The van der Waals surface area contributed by atoms with E-state index in [2.05, 4.69) is 9.97 Å². The number of imidazole rings is 1. The molecule has 3 heterocycles. The predicted molar refractivity (Wildman–Crippen MR) is 94.6 cm³/mol. The fraction of sp³-hybridized carbons (Fsp3) is 0.389. The second-order valence-electron chi connectivity index (χ2n) is 6.70. The van der Waals surface area contributed by atoms with Crippen molar-refractivity contribution in [3.63, 3.8) is 0 Å². The lowest BCUT2D eigenvalue weighted by molar-refractivity contribution is -0.127. The van der Waals surface area contributed by atoms with E-state index in [9.17, 15) is 9.59 Å². The number of anilines is 1. The molecule has 0 saturated carbocycles. The first kappa shape index (κ1) is 16.1. The summed E-state index contributed by atoms with van der Waals surface area (Å²) in [6.07, 6.45) is 5.41. The smallest absolute Gasteiger partial charge is 0.289 e. The highest BCUT2D eigenvalue weighted by molar-refractivity contribution is 6.31. The van der Waals surface area contributed by atoms with Crippen molar-refractivity contribution in [2.24, 2.45) is 5.41 Å². The Labute approximate surface area is 150 Å². The van der Waals surface area contributed by atoms with Crippen LogP contribution in [0, 0.1) is 5.41 Å². The van der Waals surface area contributed by atoms with Gasteiger partial charge < -0.3 is 14.8 Å². The number of hydrogen-bond donors (Lipinski definition) is 1. The molecule has 2 amide bonds. The van der Waals surface area contributed by atoms with E-state index in [-0.39, 0.29) is 17.2 Å². The molecule has 0 bridgehead atoms. The first-order valence-electron chi connectivity index (χ1n) is 8.45. The number of amides is 2. The van der Waals surface area contributed by atoms with Crippen LogP contribution in [0.1, 0.15) is 29.9 Å². The minimum atomic E-state index is -0.359. The number of nitrogens with zero attached hydrogens (tertiary/aromatic N) is 3. The lowest BCUT2D eigenvalue weighted by Gasteiger charge is -2.37. The van der Waals surface area contributed by atoms with Crippen LogP contribution in [0.2, 0.25) is 5.02 Å². The molecular weight excluding hydrogens is 340 g/mol. The summed E-state index contributed by atoms with van der Waals surface area (Å²) in [7, 11) is 0. The molecule has 2 aliphatic heterocycles. The quantitative estimate of drug-likeness (QED) is 0.897. The van der Waals surface area contributed by atoms with Gasteiger partial charge in [-0.15, -0.1) is 0 Å². The summed E-state index contributed by atoms with van der Waals surface area (Å²) in [5.74, 6) is 0.408. The highest BCUT2D eigenvalue weighted by Crippen LogP contribution is 2.43. The van der Waals surface area contributed by atoms with Gasteiger partial charge in [-0.3, -0.25) is 9.59 Å². The zero-order chi connectivity index (χ0) is 17.4. The number of piperidine rings is 1. The van der Waals surface area contributed by atoms with Crippen molar-refractivity contribution in [3.05, 3.63) is 47.5 Å². The van der Waals surface area contributed by atoms with Gasteiger partial charge in [-0.05, 0) is 37.5 Å². The van der Waals surface area contributed by atoms with Crippen LogP contribution < -0.4 is 4.90 Å². The Morgan fingerprint density at radius 1 is 1.20 bits per heavy atom. The SMILES string of the molecule is O=C(c1ncc[nH]1)N1CCC2(CC1)CCN(c1cccc(Cl)c1)C2=O. The first-order valence-corrected chi connectivity index (χ1v) is 8.83. The molecule has 4 rings (SSSR count). The predicted octanol–water partition coefficient (Wildman–Crippen LogP) is 2.72. The van der Waals surface area contributed by atoms with Crippen LogP contribution in [0.3, 0.4) is 0 Å². The van der Waals surface area contributed by atoms with Crippen molar-refractivity contribution < 1.29 is 9.59 Å². The fourth-order valence-electron chi connectivity index (χ4n) is 3.84. The fourth-order valence-corrected chi connectivity index (χ4v) is 4.03. The van der Waals surface area contributed by atoms with Crippen molar-refractivity contribution in [3.8, 4) is 0 Å². The molecule has 0 unspecified atom stereocenters. The largest absolute Gasteiger partial charge is 0.341 e. The molecule has 1 aromatic heterocycles. The monoisotopic (exact) mass is 358 g/mol. The minimum absolute atomic E-state index is 0.100. The zero-order valence-corrected chi connectivity index (χ0v) is 14.5. The highest BCUT2D eigenvalue weighted by Gasteiger charge is 2.49. The number of H-pyrrole nitrogens is 1. The molecule has 2 aromatic rings. The molecule has 1 spiro atoms. The second-order valence-corrected chi connectivity index (χ2v) is 7.13. The number of likely N-dealkylation sites (tertiary alicyclic amines) is 1. The summed E-state index contributed by atoms with van der Waals surface area (Å²) in [5, 5.41) is 0.630. The van der Waals surface area contributed by atoms with Crippen LogP contribution in [0.4, 0.5) is 5.69 Å². The van der Waals surface area contributed by atoms with Gasteiger partial charge in [0, 0.05) is 42.7 Å². The van der Waals surface area contributed by atoms with Gasteiger partial charge >= 0.3 is 0 Å².